The molecule has 1 aliphatic heterocycles. The van der Waals surface area contributed by atoms with Crippen LogP contribution < -0.4 is 48.3 Å². The first-order chi connectivity index (χ1) is 22.7. The molecule has 3 atom stereocenters. The third-order valence-electron chi connectivity index (χ3n) is 7.11. The summed E-state index contributed by atoms with van der Waals surface area (Å²) in [6.07, 6.45) is -0.0653. The van der Waals surface area contributed by atoms with E-state index in [1.807, 2.05) is 13.0 Å². The molecule has 0 spiro atoms. The topological polar surface area (TPSA) is 276 Å². The van der Waals surface area contributed by atoms with Crippen LogP contribution in [0.15, 0.2) is 24.3 Å². The van der Waals surface area contributed by atoms with Crippen LogP contribution in [-0.4, -0.2) is 104 Å². The van der Waals surface area contributed by atoms with Gasteiger partial charge in [-0.05, 0) is 37.3 Å². The van der Waals surface area contributed by atoms with Crippen LogP contribution in [-0.2, 0) is 49.6 Å². The molecule has 0 aromatic heterocycles. The van der Waals surface area contributed by atoms with Crippen LogP contribution in [0.4, 0.5) is 0 Å². The summed E-state index contributed by atoms with van der Waals surface area (Å²) in [4.78, 5) is 112. The fraction of sp³-hybridized carbons (Fsp3) is 0.500. The molecule has 1 aliphatic rings. The summed E-state index contributed by atoms with van der Waals surface area (Å²) >= 11 is 0. The van der Waals surface area contributed by atoms with E-state index >= 15 is 0 Å². The SMILES string of the molecule is CC(=O)NCC(=O)NC1CCC(=O)NCCCC(C(N)=O)NC(=O)CNC(=O)CNC(=O)C(Cc2ccccc2C)NC(=O)CNC1=O. The van der Waals surface area contributed by atoms with E-state index in [1.54, 1.807) is 18.2 Å². The highest BCUT2D eigenvalue weighted by Gasteiger charge is 2.26. The van der Waals surface area contributed by atoms with Crippen LogP contribution in [0.2, 0.25) is 0 Å². The van der Waals surface area contributed by atoms with E-state index in [4.69, 9.17) is 5.73 Å². The lowest BCUT2D eigenvalue weighted by Gasteiger charge is -2.21. The molecule has 18 heteroatoms. The van der Waals surface area contributed by atoms with Crippen LogP contribution in [0.25, 0.3) is 0 Å². The largest absolute Gasteiger partial charge is 0.368 e. The Bertz CT molecular complexity index is 1390. The summed E-state index contributed by atoms with van der Waals surface area (Å²) in [6.45, 7) is 1.02. The van der Waals surface area contributed by atoms with Gasteiger partial charge in [0.15, 0.2) is 0 Å². The lowest BCUT2D eigenvalue weighted by molar-refractivity contribution is -0.132. The Hall–Kier alpha value is -5.55. The van der Waals surface area contributed by atoms with Gasteiger partial charge in [-0.25, -0.2) is 0 Å². The molecule has 0 bridgehead atoms. The fourth-order valence-corrected chi connectivity index (χ4v) is 4.48. The molecule has 2 rings (SSSR count). The Labute approximate surface area is 276 Å². The number of rotatable bonds is 6. The van der Waals surface area contributed by atoms with Gasteiger partial charge in [0.1, 0.15) is 18.1 Å². The van der Waals surface area contributed by atoms with E-state index in [2.05, 4.69) is 42.5 Å². The normalized spacial score (nSPS) is 21.2. The Morgan fingerprint density at radius 3 is 2.15 bits per heavy atom. The highest BCUT2D eigenvalue weighted by atomic mass is 16.2. The van der Waals surface area contributed by atoms with Crippen molar-refractivity contribution in [1.82, 2.24) is 42.5 Å². The van der Waals surface area contributed by atoms with Crippen LogP contribution >= 0.6 is 0 Å². The zero-order valence-electron chi connectivity index (χ0n) is 26.9. The number of carbonyl (C=O) groups excluding carboxylic acids is 9. The Kier molecular flexibility index (Phi) is 16.0. The molecule has 0 saturated carbocycles. The van der Waals surface area contributed by atoms with Crippen molar-refractivity contribution in [1.29, 1.82) is 0 Å². The highest BCUT2D eigenvalue weighted by molar-refractivity contribution is 5.95. The molecule has 10 N–H and O–H groups in total. The zero-order valence-corrected chi connectivity index (χ0v) is 26.9. The highest BCUT2D eigenvalue weighted by Crippen LogP contribution is 2.10. The van der Waals surface area contributed by atoms with Crippen LogP contribution in [0.1, 0.15) is 43.7 Å². The number of amides is 9. The Morgan fingerprint density at radius 1 is 0.812 bits per heavy atom. The van der Waals surface area contributed by atoms with E-state index in [9.17, 15) is 43.2 Å². The first-order valence-corrected chi connectivity index (χ1v) is 15.3. The summed E-state index contributed by atoms with van der Waals surface area (Å²) < 4.78 is 0. The standard InChI is InChI=1S/C30H43N9O9/c1-17-6-3-4-7-19(17)12-22-30(48)35-13-24(42)34-15-26(44)37-20(28(31)46)8-5-11-32-23(41)10-9-21(29(47)36-16-27(45)39-22)38-25(43)14-33-18(2)40/h3-4,6-7,20-22H,5,8-16H2,1-2H3,(H2,31,46)(H,32,41)(H,33,40)(H,34,42)(H,35,48)(H,36,47)(H,37,44)(H,38,43)(H,39,45). The van der Waals surface area contributed by atoms with E-state index in [0.717, 1.165) is 11.1 Å². The molecule has 262 valence electrons. The quantitative estimate of drug-likeness (QED) is 0.141. The van der Waals surface area contributed by atoms with Gasteiger partial charge in [-0.1, -0.05) is 24.3 Å². The van der Waals surface area contributed by atoms with Gasteiger partial charge in [-0.2, -0.15) is 0 Å². The van der Waals surface area contributed by atoms with Crippen molar-refractivity contribution in [2.75, 3.05) is 32.7 Å². The molecule has 0 radical (unpaired) electrons. The molecule has 18 nitrogen and oxygen atoms in total. The van der Waals surface area contributed by atoms with Crippen molar-refractivity contribution in [3.05, 3.63) is 35.4 Å². The second kappa shape index (κ2) is 19.9. The Balaban J connectivity index is 2.25. The predicted molar refractivity (Wildman–Crippen MR) is 169 cm³/mol. The van der Waals surface area contributed by atoms with Crippen molar-refractivity contribution in [3.63, 3.8) is 0 Å². The van der Waals surface area contributed by atoms with Gasteiger partial charge in [0.25, 0.3) is 0 Å². The minimum atomic E-state index is -1.27. The van der Waals surface area contributed by atoms with Gasteiger partial charge in [0.2, 0.25) is 53.2 Å². The van der Waals surface area contributed by atoms with E-state index in [0.29, 0.717) is 0 Å². The van der Waals surface area contributed by atoms with E-state index < -0.39 is 97.5 Å². The minimum absolute atomic E-state index is 0.0354. The number of carbonyl (C=O) groups is 9. The smallest absolute Gasteiger partial charge is 0.243 e. The average Bonchev–Trinajstić information content (AvgIpc) is 3.03. The lowest BCUT2D eigenvalue weighted by Crippen LogP contribution is -2.54. The van der Waals surface area contributed by atoms with Gasteiger partial charge in [-0.15, -0.1) is 0 Å². The number of hydrogen-bond donors (Lipinski definition) is 9. The van der Waals surface area contributed by atoms with Crippen molar-refractivity contribution in [2.24, 2.45) is 5.73 Å². The monoisotopic (exact) mass is 673 g/mol. The summed E-state index contributed by atoms with van der Waals surface area (Å²) in [7, 11) is 0. The van der Waals surface area contributed by atoms with Crippen LogP contribution in [0.3, 0.4) is 0 Å². The number of aryl methyl sites for hydroxylation is 1. The summed E-state index contributed by atoms with van der Waals surface area (Å²) in [6, 6.07) is 3.58. The Morgan fingerprint density at radius 2 is 1.46 bits per heavy atom. The molecule has 1 fully saturated rings. The molecule has 1 aromatic rings. The number of nitrogens with two attached hydrogens (primary N) is 1. The summed E-state index contributed by atoms with van der Waals surface area (Å²) in [5.41, 5.74) is 6.95. The van der Waals surface area contributed by atoms with Crippen molar-refractivity contribution >= 4 is 53.2 Å². The van der Waals surface area contributed by atoms with Gasteiger partial charge in [0.05, 0.1) is 26.2 Å². The van der Waals surface area contributed by atoms with Crippen LogP contribution in [0.5, 0.6) is 0 Å². The number of nitrogens with one attached hydrogen (secondary N) is 8. The minimum Gasteiger partial charge on any atom is -0.368 e. The second-order valence-corrected chi connectivity index (χ2v) is 11.0. The lowest BCUT2D eigenvalue weighted by atomic mass is 10.0. The maximum absolute atomic E-state index is 13.1. The maximum Gasteiger partial charge on any atom is 0.243 e. The predicted octanol–water partition coefficient (Wildman–Crippen LogP) is -4.35. The number of primary amides is 1. The third kappa shape index (κ3) is 14.7. The molecular formula is C30H43N9O9. The van der Waals surface area contributed by atoms with Gasteiger partial charge < -0.3 is 48.3 Å². The molecule has 48 heavy (non-hydrogen) atoms. The summed E-state index contributed by atoms with van der Waals surface area (Å²) in [5, 5.41) is 19.4. The third-order valence-corrected chi connectivity index (χ3v) is 7.11. The molecule has 1 aromatic carbocycles. The maximum atomic E-state index is 13.1. The van der Waals surface area contributed by atoms with Gasteiger partial charge in [0, 0.05) is 26.3 Å². The molecule has 1 saturated heterocycles. The van der Waals surface area contributed by atoms with Gasteiger partial charge >= 0.3 is 0 Å². The first kappa shape index (κ1) is 38.6. The fourth-order valence-electron chi connectivity index (χ4n) is 4.48. The first-order valence-electron chi connectivity index (χ1n) is 15.3. The molecule has 3 unspecified atom stereocenters. The van der Waals surface area contributed by atoms with E-state index in [1.165, 1.54) is 6.92 Å². The summed E-state index contributed by atoms with van der Waals surface area (Å²) in [5.74, 6) is -6.25. The van der Waals surface area contributed by atoms with Crippen molar-refractivity contribution in [3.8, 4) is 0 Å². The average molecular weight is 674 g/mol. The second-order valence-electron chi connectivity index (χ2n) is 11.0. The molecule has 9 amide bonds. The van der Waals surface area contributed by atoms with E-state index in [-0.39, 0.29) is 38.6 Å². The van der Waals surface area contributed by atoms with Crippen molar-refractivity contribution < 1.29 is 43.2 Å². The number of benzene rings is 1. The molecular weight excluding hydrogens is 630 g/mol. The van der Waals surface area contributed by atoms with Crippen molar-refractivity contribution in [2.45, 2.75) is 64.1 Å². The zero-order chi connectivity index (χ0) is 35.6. The van der Waals surface area contributed by atoms with Gasteiger partial charge in [-0.3, -0.25) is 43.2 Å². The van der Waals surface area contributed by atoms with Crippen LogP contribution in [0, 0.1) is 6.92 Å². The molecule has 0 aliphatic carbocycles. The number of hydrogen-bond acceptors (Lipinski definition) is 9. The molecule has 1 heterocycles.